The standard InChI is InChI=1S/C36H28N4.4C2H4/c1-9-21-22(10-2)30-18-34-27(15-7)28(16-8)36-20-32-24(12-4)23(11-3)31(38-32)19-35-26(14-6)25(13-5)33(17-29(21)37-30)39(35)40(34)36;4*1-2/h9-20H,1-8H2;4*1-2H2. The van der Waals surface area contributed by atoms with E-state index < -0.39 is 0 Å². The summed E-state index contributed by atoms with van der Waals surface area (Å²) in [5, 5.41) is 0. The van der Waals surface area contributed by atoms with Gasteiger partial charge in [0.2, 0.25) is 0 Å². The quantitative estimate of drug-likeness (QED) is 0.182. The molecule has 6 rings (SSSR count). The summed E-state index contributed by atoms with van der Waals surface area (Å²) in [7, 11) is 0. The first-order valence-corrected chi connectivity index (χ1v) is 14.9. The van der Waals surface area contributed by atoms with E-state index in [0.29, 0.717) is 0 Å². The van der Waals surface area contributed by atoms with Crippen molar-refractivity contribution in [2.75, 3.05) is 0 Å². The van der Waals surface area contributed by atoms with Gasteiger partial charge in [0.1, 0.15) is 0 Å². The lowest BCUT2D eigenvalue weighted by Crippen LogP contribution is -1.98. The van der Waals surface area contributed by atoms with Gasteiger partial charge in [-0.2, -0.15) is 0 Å². The van der Waals surface area contributed by atoms with Crippen LogP contribution >= 0.6 is 0 Å². The van der Waals surface area contributed by atoms with Crippen LogP contribution in [0.4, 0.5) is 0 Å². The van der Waals surface area contributed by atoms with Gasteiger partial charge in [0.05, 0.1) is 44.8 Å². The number of hydrogen-bond acceptors (Lipinski definition) is 2. The first kappa shape index (κ1) is 37.7. The minimum absolute atomic E-state index is 0.796. The van der Waals surface area contributed by atoms with Gasteiger partial charge in [-0.05, 0) is 24.3 Å². The van der Waals surface area contributed by atoms with Crippen LogP contribution in [0.5, 0.6) is 0 Å². The average molecular weight is 629 g/mol. The predicted octanol–water partition coefficient (Wildman–Crippen LogP) is 12.2. The molecule has 6 heterocycles. The molecule has 2 aliphatic heterocycles. The average Bonchev–Trinajstić information content (AvgIpc) is 3.85. The molecule has 0 atom stereocenters. The molecule has 0 N–H and O–H groups in total. The van der Waals surface area contributed by atoms with Crippen LogP contribution in [0.1, 0.15) is 45.0 Å². The van der Waals surface area contributed by atoms with E-state index in [9.17, 15) is 0 Å². The maximum Gasteiger partial charge on any atom is 0.0737 e. The van der Waals surface area contributed by atoms with E-state index in [1.165, 1.54) is 0 Å². The first-order chi connectivity index (χ1) is 23.5. The molecule has 0 saturated carbocycles. The molecule has 4 bridgehead atoms. The number of hydrogen-bond donors (Lipinski definition) is 0. The Morgan fingerprint density at radius 3 is 0.667 bits per heavy atom. The summed E-state index contributed by atoms with van der Waals surface area (Å²) in [6.07, 6.45) is 14.8. The van der Waals surface area contributed by atoms with E-state index in [1.54, 1.807) is 0 Å². The van der Waals surface area contributed by atoms with Crippen LogP contribution in [-0.4, -0.2) is 19.0 Å². The van der Waals surface area contributed by atoms with Gasteiger partial charge in [0.15, 0.2) is 0 Å². The number of rotatable bonds is 8. The third-order valence-electron chi connectivity index (χ3n) is 7.69. The molecule has 4 heteroatoms. The highest BCUT2D eigenvalue weighted by Crippen LogP contribution is 2.39. The lowest BCUT2D eigenvalue weighted by Gasteiger charge is -2.06. The fraction of sp³-hybridized carbons (Fsp3) is 0. The Kier molecular flexibility index (Phi) is 13.1. The Morgan fingerprint density at radius 1 is 0.333 bits per heavy atom. The van der Waals surface area contributed by atoms with Crippen LogP contribution < -0.4 is 0 Å². The largest absolute Gasteiger partial charge is 0.248 e. The maximum absolute atomic E-state index is 5.04. The van der Waals surface area contributed by atoms with Crippen LogP contribution in [-0.2, 0) is 0 Å². The van der Waals surface area contributed by atoms with Gasteiger partial charge < -0.3 is 0 Å². The van der Waals surface area contributed by atoms with Crippen LogP contribution in [0, 0.1) is 0 Å². The fourth-order valence-electron chi connectivity index (χ4n) is 5.98. The summed E-state index contributed by atoms with van der Waals surface area (Å²) in [6.45, 7) is 57.0. The van der Waals surface area contributed by atoms with Crippen molar-refractivity contribution in [3.63, 3.8) is 0 Å². The zero-order chi connectivity index (χ0) is 36.3. The SMILES string of the molecule is C=C.C=C.C=C.C=C.C=CC1=C(C=C)c2cc3c(C=C)c(C=C)c4cc5nc(cc6c(C=C)c(C=C)c(cc1n2)n6n34)C(C=C)=C5C=C. The van der Waals surface area contributed by atoms with E-state index in [0.717, 1.165) is 89.4 Å². The third-order valence-corrected chi connectivity index (χ3v) is 7.69. The van der Waals surface area contributed by atoms with E-state index >= 15 is 0 Å². The second-order valence-corrected chi connectivity index (χ2v) is 9.45. The van der Waals surface area contributed by atoms with Crippen molar-refractivity contribution in [2.24, 2.45) is 0 Å². The second kappa shape index (κ2) is 16.7. The summed E-state index contributed by atoms with van der Waals surface area (Å²) in [5.74, 6) is 0. The van der Waals surface area contributed by atoms with Gasteiger partial charge in [0.25, 0.3) is 0 Å². The highest BCUT2D eigenvalue weighted by molar-refractivity contribution is 6.05. The normalized spacial score (nSPS) is 11.2. The second-order valence-electron chi connectivity index (χ2n) is 9.45. The Hall–Kier alpha value is -6.52. The first-order valence-electron chi connectivity index (χ1n) is 14.9. The van der Waals surface area contributed by atoms with Crippen molar-refractivity contribution >= 4 is 68.7 Å². The molecule has 0 spiro atoms. The summed E-state index contributed by atoms with van der Waals surface area (Å²) in [5.41, 5.74) is 14.1. The van der Waals surface area contributed by atoms with Gasteiger partial charge in [0, 0.05) is 44.5 Å². The molecule has 240 valence electrons. The smallest absolute Gasteiger partial charge is 0.0737 e. The fourth-order valence-corrected chi connectivity index (χ4v) is 5.98. The van der Waals surface area contributed by atoms with Crippen molar-refractivity contribution in [1.29, 1.82) is 0 Å². The monoisotopic (exact) mass is 628 g/mol. The molecule has 48 heavy (non-hydrogen) atoms. The number of fused-ring (bicyclic) bond motifs is 4. The summed E-state index contributed by atoms with van der Waals surface area (Å²) < 4.78 is 4.36. The summed E-state index contributed by atoms with van der Waals surface area (Å²) >= 11 is 0. The summed E-state index contributed by atoms with van der Waals surface area (Å²) in [4.78, 5) is 10.1. The minimum Gasteiger partial charge on any atom is -0.248 e. The molecule has 0 amide bonds. The van der Waals surface area contributed by atoms with E-state index in [1.807, 2.05) is 48.6 Å². The van der Waals surface area contributed by atoms with Crippen molar-refractivity contribution in [3.8, 4) is 0 Å². The predicted molar refractivity (Wildman–Crippen MR) is 219 cm³/mol. The van der Waals surface area contributed by atoms with Crippen molar-refractivity contribution < 1.29 is 0 Å². The Balaban J connectivity index is 0.000000933. The number of aromatic nitrogens is 4. The van der Waals surface area contributed by atoms with Crippen LogP contribution in [0.15, 0.2) is 154 Å². The Bertz CT molecular complexity index is 1850. The molecule has 4 aromatic heterocycles. The van der Waals surface area contributed by atoms with Crippen LogP contribution in [0.3, 0.4) is 0 Å². The summed E-state index contributed by atoms with van der Waals surface area (Å²) in [6, 6.07) is 8.31. The minimum atomic E-state index is 0.796. The molecule has 4 aromatic rings. The van der Waals surface area contributed by atoms with Crippen molar-refractivity contribution in [1.82, 2.24) is 19.0 Å². The number of allylic oxidation sites excluding steroid dienone is 8. The molecule has 0 fully saturated rings. The molecule has 0 unspecified atom stereocenters. The van der Waals surface area contributed by atoms with E-state index in [4.69, 9.17) is 9.97 Å². The molecule has 0 aliphatic carbocycles. The highest BCUT2D eigenvalue weighted by Gasteiger charge is 2.24. The lowest BCUT2D eigenvalue weighted by atomic mass is 10.0. The van der Waals surface area contributed by atoms with Crippen LogP contribution in [0.2, 0.25) is 0 Å². The molecule has 4 nitrogen and oxygen atoms in total. The molecular formula is C44H44N4. The van der Waals surface area contributed by atoms with Gasteiger partial charge in [-0.1, -0.05) is 101 Å². The lowest BCUT2D eigenvalue weighted by molar-refractivity contribution is 0.925. The number of nitrogens with zero attached hydrogens (tertiary/aromatic N) is 4. The van der Waals surface area contributed by atoms with Crippen molar-refractivity contribution in [3.05, 3.63) is 199 Å². The van der Waals surface area contributed by atoms with Gasteiger partial charge >= 0.3 is 0 Å². The van der Waals surface area contributed by atoms with Crippen molar-refractivity contribution in [2.45, 2.75) is 0 Å². The molecule has 0 aromatic carbocycles. The third kappa shape index (κ3) is 5.68. The molecule has 0 radical (unpaired) electrons. The van der Waals surface area contributed by atoms with Gasteiger partial charge in [-0.25, -0.2) is 19.0 Å². The van der Waals surface area contributed by atoms with E-state index in [-0.39, 0.29) is 0 Å². The zero-order valence-corrected chi connectivity index (χ0v) is 28.0. The topological polar surface area (TPSA) is 34.6 Å². The molecule has 2 aliphatic rings. The zero-order valence-electron chi connectivity index (χ0n) is 28.0. The Morgan fingerprint density at radius 2 is 0.521 bits per heavy atom. The van der Waals surface area contributed by atoms with Crippen LogP contribution in [0.25, 0.3) is 68.7 Å². The van der Waals surface area contributed by atoms with E-state index in [2.05, 4.69) is 139 Å². The molecule has 0 saturated heterocycles. The van der Waals surface area contributed by atoms with Gasteiger partial charge in [-0.15, -0.1) is 52.6 Å². The van der Waals surface area contributed by atoms with Gasteiger partial charge in [-0.3, -0.25) is 0 Å². The Labute approximate surface area is 285 Å². The highest BCUT2D eigenvalue weighted by atomic mass is 15.3. The maximum atomic E-state index is 5.04. The molecular weight excluding hydrogens is 585 g/mol.